The maximum absolute atomic E-state index is 5.54. The predicted molar refractivity (Wildman–Crippen MR) is 126 cm³/mol. The molecule has 0 radical (unpaired) electrons. The molecule has 2 aromatic rings. The zero-order valence-corrected chi connectivity index (χ0v) is 19.9. The Hall–Kier alpha value is -2.36. The van der Waals surface area contributed by atoms with Crippen molar-refractivity contribution in [3.05, 3.63) is 47.5 Å². The van der Waals surface area contributed by atoms with E-state index in [1.54, 1.807) is 28.4 Å². The number of guanidine groups is 1. The van der Waals surface area contributed by atoms with Crippen molar-refractivity contribution in [2.45, 2.75) is 20.0 Å². The average molecular weight is 515 g/mol. The highest BCUT2D eigenvalue weighted by Gasteiger charge is 2.15. The van der Waals surface area contributed by atoms with Crippen molar-refractivity contribution < 1.29 is 18.9 Å². The van der Waals surface area contributed by atoms with E-state index in [4.69, 9.17) is 18.9 Å². The second kappa shape index (κ2) is 13.0. The van der Waals surface area contributed by atoms with Crippen LogP contribution >= 0.6 is 24.0 Å². The first kappa shape index (κ1) is 24.7. The molecule has 29 heavy (non-hydrogen) atoms. The van der Waals surface area contributed by atoms with Gasteiger partial charge in [0.2, 0.25) is 5.75 Å². The molecule has 0 saturated carbocycles. The minimum absolute atomic E-state index is 0. The second-order valence-electron chi connectivity index (χ2n) is 5.89. The molecule has 0 aliphatic rings. The molecule has 0 amide bonds. The summed E-state index contributed by atoms with van der Waals surface area (Å²) >= 11 is 0. The van der Waals surface area contributed by atoms with Crippen molar-refractivity contribution in [1.29, 1.82) is 0 Å². The molecule has 160 valence electrons. The SMILES string of the molecule is CCNC(=NCc1cccc(OC)c1)NCc1ccc(OC)c(OC)c1OC.I. The van der Waals surface area contributed by atoms with Gasteiger partial charge in [-0.1, -0.05) is 12.1 Å². The first-order chi connectivity index (χ1) is 13.7. The molecule has 2 aromatic carbocycles. The molecule has 0 atom stereocenters. The minimum Gasteiger partial charge on any atom is -0.497 e. The van der Waals surface area contributed by atoms with Crippen molar-refractivity contribution >= 4 is 29.9 Å². The van der Waals surface area contributed by atoms with Crippen LogP contribution in [0.25, 0.3) is 0 Å². The quantitative estimate of drug-likeness (QED) is 0.302. The first-order valence-corrected chi connectivity index (χ1v) is 9.09. The lowest BCUT2D eigenvalue weighted by molar-refractivity contribution is 0.322. The van der Waals surface area contributed by atoms with Crippen LogP contribution in [-0.4, -0.2) is 40.9 Å². The molecule has 2 rings (SSSR count). The largest absolute Gasteiger partial charge is 0.497 e. The fourth-order valence-electron chi connectivity index (χ4n) is 2.76. The third-order valence-electron chi connectivity index (χ3n) is 4.13. The Morgan fingerprint density at radius 2 is 1.66 bits per heavy atom. The van der Waals surface area contributed by atoms with Crippen molar-refractivity contribution in [3.63, 3.8) is 0 Å². The maximum atomic E-state index is 5.54. The molecule has 7 nitrogen and oxygen atoms in total. The zero-order valence-electron chi connectivity index (χ0n) is 17.6. The van der Waals surface area contributed by atoms with Gasteiger partial charge in [0.15, 0.2) is 17.5 Å². The Bertz CT molecular complexity index is 799. The topological polar surface area (TPSA) is 73.3 Å². The summed E-state index contributed by atoms with van der Waals surface area (Å²) in [7, 11) is 6.47. The zero-order chi connectivity index (χ0) is 20.4. The highest BCUT2D eigenvalue weighted by molar-refractivity contribution is 14.0. The normalized spacial score (nSPS) is 10.6. The van der Waals surface area contributed by atoms with E-state index in [1.807, 2.05) is 43.3 Å². The van der Waals surface area contributed by atoms with E-state index in [0.717, 1.165) is 23.4 Å². The highest BCUT2D eigenvalue weighted by atomic mass is 127. The van der Waals surface area contributed by atoms with Crippen molar-refractivity contribution in [1.82, 2.24) is 10.6 Å². The lowest BCUT2D eigenvalue weighted by atomic mass is 10.1. The smallest absolute Gasteiger partial charge is 0.203 e. The summed E-state index contributed by atoms with van der Waals surface area (Å²) in [6, 6.07) is 11.7. The van der Waals surface area contributed by atoms with E-state index in [-0.39, 0.29) is 24.0 Å². The lowest BCUT2D eigenvalue weighted by Gasteiger charge is -2.17. The number of hydrogen-bond acceptors (Lipinski definition) is 5. The van der Waals surface area contributed by atoms with E-state index in [1.165, 1.54) is 0 Å². The van der Waals surface area contributed by atoms with Gasteiger partial charge in [-0.15, -0.1) is 24.0 Å². The summed E-state index contributed by atoms with van der Waals surface area (Å²) in [6.45, 7) is 3.84. The molecule has 0 fully saturated rings. The van der Waals surface area contributed by atoms with E-state index < -0.39 is 0 Å². The van der Waals surface area contributed by atoms with Gasteiger partial charge in [0.05, 0.1) is 35.0 Å². The van der Waals surface area contributed by atoms with Crippen molar-refractivity contribution in [3.8, 4) is 23.0 Å². The summed E-state index contributed by atoms with van der Waals surface area (Å²) in [5.41, 5.74) is 2.01. The van der Waals surface area contributed by atoms with Crippen LogP contribution in [0.15, 0.2) is 41.4 Å². The number of ether oxygens (including phenoxy) is 4. The summed E-state index contributed by atoms with van der Waals surface area (Å²) in [4.78, 5) is 4.65. The van der Waals surface area contributed by atoms with Crippen LogP contribution in [0.1, 0.15) is 18.1 Å². The third kappa shape index (κ3) is 6.88. The van der Waals surface area contributed by atoms with Gasteiger partial charge >= 0.3 is 0 Å². The van der Waals surface area contributed by atoms with E-state index in [9.17, 15) is 0 Å². The first-order valence-electron chi connectivity index (χ1n) is 9.09. The number of benzene rings is 2. The summed E-state index contributed by atoms with van der Waals surface area (Å²) in [5.74, 6) is 3.37. The Morgan fingerprint density at radius 3 is 2.28 bits per heavy atom. The highest BCUT2D eigenvalue weighted by Crippen LogP contribution is 2.39. The Kier molecular flexibility index (Phi) is 11.0. The standard InChI is InChI=1S/C21H29N3O4.HI/c1-6-22-21(23-13-15-8-7-9-17(12-15)25-2)24-14-16-10-11-18(26-3)20(28-5)19(16)27-4;/h7-12H,6,13-14H2,1-5H3,(H2,22,23,24);1H. The fourth-order valence-corrected chi connectivity index (χ4v) is 2.76. The molecule has 8 heteroatoms. The second-order valence-corrected chi connectivity index (χ2v) is 5.89. The Labute approximate surface area is 189 Å². The number of nitrogens with zero attached hydrogens (tertiary/aromatic N) is 1. The maximum Gasteiger partial charge on any atom is 0.203 e. The van der Waals surface area contributed by atoms with Crippen LogP contribution in [-0.2, 0) is 13.1 Å². The fraction of sp³-hybridized carbons (Fsp3) is 0.381. The van der Waals surface area contributed by atoms with Gasteiger partial charge in [0.25, 0.3) is 0 Å². The summed E-state index contributed by atoms with van der Waals surface area (Å²) in [5, 5.41) is 6.58. The molecule has 2 N–H and O–H groups in total. The number of halogens is 1. The molecule has 0 bridgehead atoms. The van der Waals surface area contributed by atoms with E-state index in [2.05, 4.69) is 15.6 Å². The summed E-state index contributed by atoms with van der Waals surface area (Å²) < 4.78 is 21.6. The number of hydrogen-bond donors (Lipinski definition) is 2. The van der Waals surface area contributed by atoms with Gasteiger partial charge in [0, 0.05) is 18.7 Å². The van der Waals surface area contributed by atoms with Crippen LogP contribution in [0.3, 0.4) is 0 Å². The predicted octanol–water partition coefficient (Wildman–Crippen LogP) is 3.59. The van der Waals surface area contributed by atoms with Gasteiger partial charge in [-0.3, -0.25) is 0 Å². The number of aliphatic imine (C=N–C) groups is 1. The van der Waals surface area contributed by atoms with Crippen LogP contribution in [0.5, 0.6) is 23.0 Å². The molecule has 0 unspecified atom stereocenters. The number of rotatable bonds is 9. The van der Waals surface area contributed by atoms with Gasteiger partial charge in [0.1, 0.15) is 5.75 Å². The molecule has 0 aromatic heterocycles. The van der Waals surface area contributed by atoms with Crippen LogP contribution in [0, 0.1) is 0 Å². The minimum atomic E-state index is 0. The monoisotopic (exact) mass is 515 g/mol. The number of methoxy groups -OCH3 is 4. The van der Waals surface area contributed by atoms with Gasteiger partial charge in [-0.05, 0) is 36.8 Å². The van der Waals surface area contributed by atoms with Gasteiger partial charge < -0.3 is 29.6 Å². The van der Waals surface area contributed by atoms with E-state index >= 15 is 0 Å². The molecule has 0 aliphatic carbocycles. The average Bonchev–Trinajstić information content (AvgIpc) is 2.74. The van der Waals surface area contributed by atoms with E-state index in [0.29, 0.717) is 36.3 Å². The summed E-state index contributed by atoms with van der Waals surface area (Å²) in [6.07, 6.45) is 0. The van der Waals surface area contributed by atoms with Gasteiger partial charge in [-0.2, -0.15) is 0 Å². The molecule has 0 spiro atoms. The van der Waals surface area contributed by atoms with Crippen molar-refractivity contribution in [2.24, 2.45) is 4.99 Å². The van der Waals surface area contributed by atoms with Crippen LogP contribution in [0.2, 0.25) is 0 Å². The molecular weight excluding hydrogens is 485 g/mol. The van der Waals surface area contributed by atoms with Gasteiger partial charge in [-0.25, -0.2) is 4.99 Å². The lowest BCUT2D eigenvalue weighted by Crippen LogP contribution is -2.36. The molecular formula is C21H30IN3O4. The van der Waals surface area contributed by atoms with Crippen molar-refractivity contribution in [2.75, 3.05) is 35.0 Å². The molecule has 0 heterocycles. The Balaban J connectivity index is 0.00000420. The molecule has 0 saturated heterocycles. The third-order valence-corrected chi connectivity index (χ3v) is 4.13. The molecule has 0 aliphatic heterocycles. The number of nitrogens with one attached hydrogen (secondary N) is 2. The van der Waals surface area contributed by atoms with Crippen LogP contribution < -0.4 is 29.6 Å². The van der Waals surface area contributed by atoms with Crippen LogP contribution in [0.4, 0.5) is 0 Å². The Morgan fingerprint density at radius 1 is 0.897 bits per heavy atom.